The SMILES string of the molecule is Fc1ncc(-c2ccccc2F)c(F)n1. The van der Waals surface area contributed by atoms with Crippen LogP contribution < -0.4 is 0 Å². The van der Waals surface area contributed by atoms with Crippen molar-refractivity contribution in [2.45, 2.75) is 0 Å². The maximum atomic E-state index is 13.2. The van der Waals surface area contributed by atoms with Crippen LogP contribution in [0, 0.1) is 17.8 Å². The second kappa shape index (κ2) is 3.68. The van der Waals surface area contributed by atoms with E-state index in [1.165, 1.54) is 18.2 Å². The Morgan fingerprint density at radius 2 is 1.67 bits per heavy atom. The van der Waals surface area contributed by atoms with Crippen LogP contribution in [0.25, 0.3) is 11.1 Å². The van der Waals surface area contributed by atoms with Gasteiger partial charge in [-0.3, -0.25) is 0 Å². The van der Waals surface area contributed by atoms with Crippen molar-refractivity contribution in [3.8, 4) is 11.1 Å². The summed E-state index contributed by atoms with van der Waals surface area (Å²) in [5.41, 5.74) is -0.149. The lowest BCUT2D eigenvalue weighted by Gasteiger charge is -2.02. The predicted molar refractivity (Wildman–Crippen MR) is 47.3 cm³/mol. The van der Waals surface area contributed by atoms with E-state index in [2.05, 4.69) is 9.97 Å². The minimum absolute atomic E-state index is 0.00926. The third-order valence-electron chi connectivity index (χ3n) is 1.88. The molecule has 0 amide bonds. The number of hydrogen-bond acceptors (Lipinski definition) is 2. The van der Waals surface area contributed by atoms with Gasteiger partial charge in [-0.1, -0.05) is 18.2 Å². The van der Waals surface area contributed by atoms with Crippen LogP contribution in [0.2, 0.25) is 0 Å². The Morgan fingerprint density at radius 3 is 2.33 bits per heavy atom. The first-order chi connectivity index (χ1) is 7.18. The Morgan fingerprint density at radius 1 is 0.933 bits per heavy atom. The molecule has 5 heteroatoms. The van der Waals surface area contributed by atoms with E-state index >= 15 is 0 Å². The van der Waals surface area contributed by atoms with Crippen LogP contribution in [-0.4, -0.2) is 9.97 Å². The molecule has 0 aliphatic carbocycles. The second-order valence-electron chi connectivity index (χ2n) is 2.82. The lowest BCUT2D eigenvalue weighted by atomic mass is 10.1. The van der Waals surface area contributed by atoms with Crippen LogP contribution in [0.5, 0.6) is 0 Å². The van der Waals surface area contributed by atoms with Crippen molar-refractivity contribution in [2.75, 3.05) is 0 Å². The summed E-state index contributed by atoms with van der Waals surface area (Å²) in [5.74, 6) is -1.68. The Bertz CT molecular complexity index is 500. The summed E-state index contributed by atoms with van der Waals surface area (Å²) in [6.07, 6.45) is -0.261. The van der Waals surface area contributed by atoms with E-state index < -0.39 is 17.8 Å². The lowest BCUT2D eigenvalue weighted by molar-refractivity contribution is 0.484. The molecule has 0 radical (unpaired) electrons. The van der Waals surface area contributed by atoms with Gasteiger partial charge in [-0.15, -0.1) is 0 Å². The van der Waals surface area contributed by atoms with E-state index in [-0.39, 0.29) is 11.1 Å². The van der Waals surface area contributed by atoms with E-state index in [0.29, 0.717) is 0 Å². The third kappa shape index (κ3) is 1.81. The summed E-state index contributed by atoms with van der Waals surface area (Å²) in [4.78, 5) is 6.05. The Hall–Kier alpha value is -1.91. The minimum atomic E-state index is -1.17. The van der Waals surface area contributed by atoms with Crippen molar-refractivity contribution in [3.05, 3.63) is 48.3 Å². The normalized spacial score (nSPS) is 10.3. The highest BCUT2D eigenvalue weighted by Crippen LogP contribution is 2.23. The van der Waals surface area contributed by atoms with E-state index in [9.17, 15) is 13.2 Å². The van der Waals surface area contributed by atoms with Gasteiger partial charge in [0.15, 0.2) is 0 Å². The fourth-order valence-electron chi connectivity index (χ4n) is 1.20. The fourth-order valence-corrected chi connectivity index (χ4v) is 1.20. The molecule has 0 unspecified atom stereocenters. The van der Waals surface area contributed by atoms with E-state index in [0.717, 1.165) is 6.20 Å². The van der Waals surface area contributed by atoms with Gasteiger partial charge in [0, 0.05) is 11.8 Å². The van der Waals surface area contributed by atoms with Crippen LogP contribution in [0.3, 0.4) is 0 Å². The predicted octanol–water partition coefficient (Wildman–Crippen LogP) is 2.56. The summed E-state index contributed by atoms with van der Waals surface area (Å²) in [6.45, 7) is 0. The molecule has 1 heterocycles. The molecule has 2 nitrogen and oxygen atoms in total. The largest absolute Gasteiger partial charge is 0.311 e. The lowest BCUT2D eigenvalue weighted by Crippen LogP contribution is -1.97. The molecule has 0 N–H and O–H groups in total. The highest BCUT2D eigenvalue weighted by Gasteiger charge is 2.11. The maximum absolute atomic E-state index is 13.2. The van der Waals surface area contributed by atoms with Gasteiger partial charge in [0.25, 0.3) is 0 Å². The van der Waals surface area contributed by atoms with Crippen molar-refractivity contribution in [1.82, 2.24) is 9.97 Å². The zero-order valence-electron chi connectivity index (χ0n) is 7.42. The number of hydrogen-bond donors (Lipinski definition) is 0. The summed E-state index contributed by atoms with van der Waals surface area (Å²) in [7, 11) is 0. The zero-order chi connectivity index (χ0) is 10.8. The van der Waals surface area contributed by atoms with Crippen LogP contribution in [0.1, 0.15) is 0 Å². The van der Waals surface area contributed by atoms with Crippen LogP contribution >= 0.6 is 0 Å². The summed E-state index contributed by atoms with van der Waals surface area (Å²) in [6, 6.07) is 5.56. The van der Waals surface area contributed by atoms with Crippen LogP contribution in [0.4, 0.5) is 13.2 Å². The zero-order valence-corrected chi connectivity index (χ0v) is 7.42. The molecule has 15 heavy (non-hydrogen) atoms. The molecular formula is C10H5F3N2. The molecule has 76 valence electrons. The van der Waals surface area contributed by atoms with Crippen molar-refractivity contribution in [2.24, 2.45) is 0 Å². The standard InChI is InChI=1S/C10H5F3N2/c11-8-4-2-1-3-6(8)7-5-14-10(13)15-9(7)12/h1-5H. The maximum Gasteiger partial charge on any atom is 0.311 e. The summed E-state index contributed by atoms with van der Waals surface area (Å²) < 4.78 is 38.8. The molecule has 0 bridgehead atoms. The average molecular weight is 210 g/mol. The molecule has 0 saturated heterocycles. The molecule has 0 aliphatic rings. The van der Waals surface area contributed by atoms with Crippen molar-refractivity contribution in [3.63, 3.8) is 0 Å². The first kappa shape index (κ1) is 9.64. The van der Waals surface area contributed by atoms with Gasteiger partial charge in [0.1, 0.15) is 5.82 Å². The summed E-state index contributed by atoms with van der Waals surface area (Å²) >= 11 is 0. The molecule has 2 rings (SSSR count). The molecule has 0 fully saturated rings. The van der Waals surface area contributed by atoms with E-state index in [4.69, 9.17) is 0 Å². The minimum Gasteiger partial charge on any atom is -0.210 e. The monoisotopic (exact) mass is 210 g/mol. The first-order valence-corrected chi connectivity index (χ1v) is 4.11. The number of halogens is 3. The molecule has 0 saturated carbocycles. The highest BCUT2D eigenvalue weighted by molar-refractivity contribution is 5.62. The first-order valence-electron chi connectivity index (χ1n) is 4.11. The smallest absolute Gasteiger partial charge is 0.210 e. The Kier molecular flexibility index (Phi) is 2.37. The number of aromatic nitrogens is 2. The molecule has 0 atom stereocenters. The molecule has 1 aromatic carbocycles. The molecule has 2 aromatic rings. The van der Waals surface area contributed by atoms with Crippen molar-refractivity contribution in [1.29, 1.82) is 0 Å². The third-order valence-corrected chi connectivity index (χ3v) is 1.88. The van der Waals surface area contributed by atoms with Gasteiger partial charge in [0.05, 0.1) is 5.56 Å². The molecule has 0 aliphatic heterocycles. The van der Waals surface area contributed by atoms with Crippen LogP contribution in [-0.2, 0) is 0 Å². The number of benzene rings is 1. The Balaban J connectivity index is 2.60. The fraction of sp³-hybridized carbons (Fsp3) is 0. The number of nitrogens with zero attached hydrogens (tertiary/aromatic N) is 2. The summed E-state index contributed by atoms with van der Waals surface area (Å²) in [5, 5.41) is 0. The quantitative estimate of drug-likeness (QED) is 0.534. The molecule has 0 spiro atoms. The number of rotatable bonds is 1. The topological polar surface area (TPSA) is 25.8 Å². The van der Waals surface area contributed by atoms with Crippen LogP contribution in [0.15, 0.2) is 30.5 Å². The van der Waals surface area contributed by atoms with Gasteiger partial charge < -0.3 is 0 Å². The van der Waals surface area contributed by atoms with E-state index in [1.54, 1.807) is 6.07 Å². The van der Waals surface area contributed by atoms with Gasteiger partial charge in [-0.2, -0.15) is 13.8 Å². The van der Waals surface area contributed by atoms with Gasteiger partial charge in [-0.25, -0.2) is 9.37 Å². The van der Waals surface area contributed by atoms with E-state index in [1.807, 2.05) is 0 Å². The molecule has 1 aromatic heterocycles. The average Bonchev–Trinajstić information content (AvgIpc) is 2.20. The highest BCUT2D eigenvalue weighted by atomic mass is 19.1. The van der Waals surface area contributed by atoms with Gasteiger partial charge in [-0.05, 0) is 6.07 Å². The Labute approximate surface area is 83.4 Å². The second-order valence-corrected chi connectivity index (χ2v) is 2.82. The van der Waals surface area contributed by atoms with Crippen molar-refractivity contribution < 1.29 is 13.2 Å². The van der Waals surface area contributed by atoms with Crippen molar-refractivity contribution >= 4 is 0 Å². The van der Waals surface area contributed by atoms with Gasteiger partial charge in [0.2, 0.25) is 5.95 Å². The molecular weight excluding hydrogens is 205 g/mol. The van der Waals surface area contributed by atoms with Gasteiger partial charge >= 0.3 is 6.08 Å².